The number of aromatic nitrogens is 2. The fourth-order valence-electron chi connectivity index (χ4n) is 3.77. The zero-order chi connectivity index (χ0) is 19.8. The van der Waals surface area contributed by atoms with Crippen LogP contribution in [0.5, 0.6) is 17.2 Å². The third-order valence-corrected chi connectivity index (χ3v) is 5.21. The second-order valence-electron chi connectivity index (χ2n) is 6.88. The molecule has 0 saturated carbocycles. The number of likely N-dealkylation sites (tertiary alicyclic amines) is 1. The minimum absolute atomic E-state index is 0.0946. The summed E-state index contributed by atoms with van der Waals surface area (Å²) in [5.41, 5.74) is 1.29. The number of methoxy groups -OCH3 is 1. The van der Waals surface area contributed by atoms with Gasteiger partial charge < -0.3 is 23.6 Å². The van der Waals surface area contributed by atoms with E-state index < -0.39 is 0 Å². The van der Waals surface area contributed by atoms with E-state index in [9.17, 15) is 4.79 Å². The van der Waals surface area contributed by atoms with Gasteiger partial charge in [0, 0.05) is 12.1 Å². The molecule has 148 valence electrons. The van der Waals surface area contributed by atoms with Gasteiger partial charge in [-0.15, -0.1) is 0 Å². The molecule has 2 aliphatic rings. The van der Waals surface area contributed by atoms with Gasteiger partial charge in [0.15, 0.2) is 11.5 Å². The van der Waals surface area contributed by atoms with Crippen molar-refractivity contribution in [3.05, 3.63) is 53.9 Å². The van der Waals surface area contributed by atoms with Crippen molar-refractivity contribution in [3.63, 3.8) is 0 Å². The van der Waals surface area contributed by atoms with Crippen LogP contribution in [0, 0.1) is 0 Å². The van der Waals surface area contributed by atoms with Crippen LogP contribution in [0.25, 0.3) is 11.4 Å². The standard InChI is InChI=1S/C21H19N3O5/c1-26-16-7-3-2-5-14(16)19-22-20(29-23-19)15-6-4-10-24(15)21(25)13-8-9-17-18(11-13)28-12-27-17/h2-3,5,7-9,11,15H,4,6,10,12H2,1H3/t15-/m0/s1. The van der Waals surface area contributed by atoms with E-state index in [2.05, 4.69) is 10.1 Å². The number of para-hydroxylation sites is 1. The average molecular weight is 393 g/mol. The molecule has 8 heteroatoms. The molecule has 2 aliphatic heterocycles. The highest BCUT2D eigenvalue weighted by molar-refractivity contribution is 5.95. The molecular weight excluding hydrogens is 374 g/mol. The van der Waals surface area contributed by atoms with E-state index in [1.165, 1.54) is 0 Å². The molecule has 1 atom stereocenters. The molecule has 1 fully saturated rings. The third-order valence-electron chi connectivity index (χ3n) is 5.21. The minimum atomic E-state index is -0.260. The number of nitrogens with zero attached hydrogens (tertiary/aromatic N) is 3. The molecule has 3 heterocycles. The number of amides is 1. The van der Waals surface area contributed by atoms with Crippen LogP contribution in [0.4, 0.5) is 0 Å². The number of carbonyl (C=O) groups is 1. The molecule has 2 aromatic carbocycles. The van der Waals surface area contributed by atoms with Crippen molar-refractivity contribution >= 4 is 5.91 Å². The molecule has 29 heavy (non-hydrogen) atoms. The fraction of sp³-hybridized carbons (Fsp3) is 0.286. The van der Waals surface area contributed by atoms with Crippen molar-refractivity contribution in [2.24, 2.45) is 0 Å². The molecule has 1 amide bonds. The van der Waals surface area contributed by atoms with Gasteiger partial charge >= 0.3 is 0 Å². The van der Waals surface area contributed by atoms with E-state index in [0.717, 1.165) is 18.4 Å². The molecule has 1 saturated heterocycles. The summed E-state index contributed by atoms with van der Waals surface area (Å²) < 4.78 is 21.6. The Hall–Kier alpha value is -3.55. The topological polar surface area (TPSA) is 86.9 Å². The van der Waals surface area contributed by atoms with E-state index in [0.29, 0.717) is 41.1 Å². The Morgan fingerprint density at radius 2 is 2.03 bits per heavy atom. The van der Waals surface area contributed by atoms with Gasteiger partial charge in [-0.3, -0.25) is 4.79 Å². The zero-order valence-corrected chi connectivity index (χ0v) is 15.8. The van der Waals surface area contributed by atoms with Crippen LogP contribution in [0.2, 0.25) is 0 Å². The highest BCUT2D eigenvalue weighted by Crippen LogP contribution is 2.37. The van der Waals surface area contributed by atoms with E-state index in [-0.39, 0.29) is 18.7 Å². The first-order chi connectivity index (χ1) is 14.2. The first-order valence-corrected chi connectivity index (χ1v) is 9.42. The van der Waals surface area contributed by atoms with Crippen molar-refractivity contribution < 1.29 is 23.5 Å². The lowest BCUT2D eigenvalue weighted by molar-refractivity contribution is 0.0709. The Bertz CT molecular complexity index is 1060. The second-order valence-corrected chi connectivity index (χ2v) is 6.88. The van der Waals surface area contributed by atoms with E-state index >= 15 is 0 Å². The largest absolute Gasteiger partial charge is 0.496 e. The molecule has 0 bridgehead atoms. The number of hydrogen-bond donors (Lipinski definition) is 0. The van der Waals surface area contributed by atoms with Crippen LogP contribution in [0.3, 0.4) is 0 Å². The van der Waals surface area contributed by atoms with Crippen LogP contribution in [-0.4, -0.2) is 41.4 Å². The highest BCUT2D eigenvalue weighted by Gasteiger charge is 2.35. The van der Waals surface area contributed by atoms with Gasteiger partial charge in [0.2, 0.25) is 18.5 Å². The van der Waals surface area contributed by atoms with Gasteiger partial charge in [0.1, 0.15) is 11.8 Å². The van der Waals surface area contributed by atoms with Crippen molar-refractivity contribution in [3.8, 4) is 28.6 Å². The van der Waals surface area contributed by atoms with Gasteiger partial charge in [-0.2, -0.15) is 4.98 Å². The summed E-state index contributed by atoms with van der Waals surface area (Å²) in [7, 11) is 1.60. The SMILES string of the molecule is COc1ccccc1-c1noc([C@@H]2CCCN2C(=O)c2ccc3c(c2)OCO3)n1. The van der Waals surface area contributed by atoms with Gasteiger partial charge in [-0.05, 0) is 43.2 Å². The van der Waals surface area contributed by atoms with Crippen molar-refractivity contribution in [2.45, 2.75) is 18.9 Å². The molecule has 0 aliphatic carbocycles. The molecular formula is C21H19N3O5. The normalized spacial score (nSPS) is 17.6. The fourth-order valence-corrected chi connectivity index (χ4v) is 3.77. The Labute approximate surface area is 167 Å². The first-order valence-electron chi connectivity index (χ1n) is 9.42. The summed E-state index contributed by atoms with van der Waals surface area (Å²) >= 11 is 0. The predicted molar refractivity (Wildman–Crippen MR) is 102 cm³/mol. The third kappa shape index (κ3) is 3.06. The van der Waals surface area contributed by atoms with Crippen molar-refractivity contribution in [1.29, 1.82) is 0 Å². The number of fused-ring (bicyclic) bond motifs is 1. The lowest BCUT2D eigenvalue weighted by Gasteiger charge is -2.22. The molecule has 0 unspecified atom stereocenters. The highest BCUT2D eigenvalue weighted by atomic mass is 16.7. The Morgan fingerprint density at radius 1 is 1.17 bits per heavy atom. The lowest BCUT2D eigenvalue weighted by atomic mass is 10.1. The first kappa shape index (κ1) is 17.5. The van der Waals surface area contributed by atoms with Crippen molar-refractivity contribution in [1.82, 2.24) is 15.0 Å². The second kappa shape index (κ2) is 7.12. The Balaban J connectivity index is 1.41. The predicted octanol–water partition coefficient (Wildman–Crippen LogP) is 3.45. The van der Waals surface area contributed by atoms with Gasteiger partial charge in [-0.1, -0.05) is 17.3 Å². The average Bonchev–Trinajstić information content (AvgIpc) is 3.52. The van der Waals surface area contributed by atoms with Gasteiger partial charge in [-0.25, -0.2) is 0 Å². The molecule has 0 radical (unpaired) electrons. The van der Waals surface area contributed by atoms with Crippen LogP contribution >= 0.6 is 0 Å². The molecule has 3 aromatic rings. The number of hydrogen-bond acceptors (Lipinski definition) is 7. The minimum Gasteiger partial charge on any atom is -0.496 e. The van der Waals surface area contributed by atoms with Crippen LogP contribution in [0.15, 0.2) is 47.0 Å². The van der Waals surface area contributed by atoms with Crippen LogP contribution in [-0.2, 0) is 0 Å². The van der Waals surface area contributed by atoms with Crippen molar-refractivity contribution in [2.75, 3.05) is 20.4 Å². The summed E-state index contributed by atoms with van der Waals surface area (Å²) in [6, 6.07) is 12.4. The smallest absolute Gasteiger partial charge is 0.254 e. The monoisotopic (exact) mass is 393 g/mol. The number of benzene rings is 2. The summed E-state index contributed by atoms with van der Waals surface area (Å²) in [6.45, 7) is 0.803. The van der Waals surface area contributed by atoms with E-state index in [1.54, 1.807) is 30.2 Å². The molecule has 8 nitrogen and oxygen atoms in total. The number of carbonyl (C=O) groups excluding carboxylic acids is 1. The van der Waals surface area contributed by atoms with Crippen LogP contribution in [0.1, 0.15) is 35.1 Å². The van der Waals surface area contributed by atoms with E-state index in [1.807, 2.05) is 24.3 Å². The molecule has 1 aromatic heterocycles. The summed E-state index contributed by atoms with van der Waals surface area (Å²) in [4.78, 5) is 19.5. The van der Waals surface area contributed by atoms with Gasteiger partial charge in [0.25, 0.3) is 5.91 Å². The Morgan fingerprint density at radius 3 is 2.93 bits per heavy atom. The van der Waals surface area contributed by atoms with E-state index in [4.69, 9.17) is 18.7 Å². The van der Waals surface area contributed by atoms with Crippen LogP contribution < -0.4 is 14.2 Å². The molecule has 5 rings (SSSR count). The molecule has 0 N–H and O–H groups in total. The number of ether oxygens (including phenoxy) is 3. The lowest BCUT2D eigenvalue weighted by Crippen LogP contribution is -2.30. The zero-order valence-electron chi connectivity index (χ0n) is 15.8. The number of rotatable bonds is 4. The van der Waals surface area contributed by atoms with Gasteiger partial charge in [0.05, 0.1) is 12.7 Å². The quantitative estimate of drug-likeness (QED) is 0.671. The summed E-state index contributed by atoms with van der Waals surface area (Å²) in [5.74, 6) is 2.68. The maximum absolute atomic E-state index is 13.1. The Kier molecular flexibility index (Phi) is 4.31. The summed E-state index contributed by atoms with van der Waals surface area (Å²) in [6.07, 6.45) is 1.64. The maximum atomic E-state index is 13.1. The maximum Gasteiger partial charge on any atom is 0.254 e. The molecule has 0 spiro atoms. The summed E-state index contributed by atoms with van der Waals surface area (Å²) in [5, 5.41) is 4.11.